The Labute approximate surface area is 97.3 Å². The molecule has 2 nitrogen and oxygen atoms in total. The second-order valence-electron chi connectivity index (χ2n) is 4.58. The molecule has 0 amide bonds. The van der Waals surface area contributed by atoms with Crippen molar-refractivity contribution in [1.29, 1.82) is 5.26 Å². The topological polar surface area (TPSA) is 35.8 Å². The zero-order chi connectivity index (χ0) is 11.4. The number of anilines is 1. The Morgan fingerprint density at radius 1 is 1.12 bits per heavy atom. The van der Waals surface area contributed by atoms with Gasteiger partial charge in [0, 0.05) is 12.7 Å². The summed E-state index contributed by atoms with van der Waals surface area (Å²) in [7, 11) is 1.91. The van der Waals surface area contributed by atoms with E-state index in [1.165, 1.54) is 24.8 Å². The summed E-state index contributed by atoms with van der Waals surface area (Å²) in [6.45, 7) is 0. The first-order valence-corrected chi connectivity index (χ1v) is 6.00. The molecule has 0 aromatic heterocycles. The summed E-state index contributed by atoms with van der Waals surface area (Å²) in [5.74, 6) is 0. The average Bonchev–Trinajstić information content (AvgIpc) is 2.39. The lowest BCUT2D eigenvalue weighted by Crippen LogP contribution is -2.26. The van der Waals surface area contributed by atoms with E-state index in [4.69, 9.17) is 0 Å². The SMILES string of the molecule is CNc1ccc(C2(C#N)CCCCC2)cc1. The van der Waals surface area contributed by atoms with Crippen LogP contribution < -0.4 is 5.32 Å². The molecule has 0 atom stereocenters. The van der Waals surface area contributed by atoms with Crippen molar-refractivity contribution >= 4 is 5.69 Å². The number of nitrogens with one attached hydrogen (secondary N) is 1. The second-order valence-corrected chi connectivity index (χ2v) is 4.58. The summed E-state index contributed by atoms with van der Waals surface area (Å²) in [4.78, 5) is 0. The lowest BCUT2D eigenvalue weighted by Gasteiger charge is -2.31. The van der Waals surface area contributed by atoms with Gasteiger partial charge in [-0.25, -0.2) is 0 Å². The van der Waals surface area contributed by atoms with Crippen LogP contribution in [0.25, 0.3) is 0 Å². The predicted octanol–water partition coefficient (Wildman–Crippen LogP) is 3.45. The van der Waals surface area contributed by atoms with Gasteiger partial charge in [0.15, 0.2) is 0 Å². The normalized spacial score (nSPS) is 18.8. The van der Waals surface area contributed by atoms with Gasteiger partial charge in [-0.15, -0.1) is 0 Å². The van der Waals surface area contributed by atoms with Crippen molar-refractivity contribution in [3.05, 3.63) is 29.8 Å². The largest absolute Gasteiger partial charge is 0.388 e. The van der Waals surface area contributed by atoms with Crippen LogP contribution in [-0.4, -0.2) is 7.05 Å². The van der Waals surface area contributed by atoms with Crippen LogP contribution in [0.5, 0.6) is 0 Å². The van der Waals surface area contributed by atoms with Crippen LogP contribution in [0.1, 0.15) is 37.7 Å². The highest BCUT2D eigenvalue weighted by Gasteiger charge is 2.33. The van der Waals surface area contributed by atoms with E-state index >= 15 is 0 Å². The maximum atomic E-state index is 9.46. The van der Waals surface area contributed by atoms with Crippen LogP contribution in [0.3, 0.4) is 0 Å². The Kier molecular flexibility index (Phi) is 3.14. The Balaban J connectivity index is 2.29. The number of nitrogens with zero attached hydrogens (tertiary/aromatic N) is 1. The van der Waals surface area contributed by atoms with E-state index in [1.54, 1.807) is 0 Å². The number of benzene rings is 1. The van der Waals surface area contributed by atoms with Gasteiger partial charge in [-0.2, -0.15) is 5.26 Å². The van der Waals surface area contributed by atoms with Crippen LogP contribution in [0, 0.1) is 11.3 Å². The summed E-state index contributed by atoms with van der Waals surface area (Å²) in [5, 5.41) is 12.6. The highest BCUT2D eigenvalue weighted by Crippen LogP contribution is 2.39. The molecule has 2 rings (SSSR count). The second kappa shape index (κ2) is 4.57. The van der Waals surface area contributed by atoms with Crippen LogP contribution in [-0.2, 0) is 5.41 Å². The van der Waals surface area contributed by atoms with E-state index in [0.717, 1.165) is 18.5 Å². The van der Waals surface area contributed by atoms with Crippen molar-refractivity contribution in [2.45, 2.75) is 37.5 Å². The molecular weight excluding hydrogens is 196 g/mol. The Morgan fingerprint density at radius 3 is 2.25 bits per heavy atom. The molecule has 1 aliphatic carbocycles. The highest BCUT2D eigenvalue weighted by atomic mass is 14.8. The van der Waals surface area contributed by atoms with Crippen LogP contribution >= 0.6 is 0 Å². The summed E-state index contributed by atoms with van der Waals surface area (Å²) < 4.78 is 0. The maximum absolute atomic E-state index is 9.46. The quantitative estimate of drug-likeness (QED) is 0.818. The lowest BCUT2D eigenvalue weighted by molar-refractivity contribution is 0.366. The van der Waals surface area contributed by atoms with Gasteiger partial charge in [0.2, 0.25) is 0 Å². The van der Waals surface area contributed by atoms with Gasteiger partial charge < -0.3 is 5.32 Å². The molecule has 1 N–H and O–H groups in total. The smallest absolute Gasteiger partial charge is 0.0822 e. The fourth-order valence-corrected chi connectivity index (χ4v) is 2.58. The first-order chi connectivity index (χ1) is 7.80. The standard InChI is InChI=1S/C14H18N2/c1-16-13-7-5-12(6-8-13)14(11-15)9-3-2-4-10-14/h5-8,16H,2-4,9-10H2,1H3. The zero-order valence-electron chi connectivity index (χ0n) is 9.79. The predicted molar refractivity (Wildman–Crippen MR) is 66.4 cm³/mol. The molecule has 2 heteroatoms. The van der Waals surface area contributed by atoms with Gasteiger partial charge in [0.25, 0.3) is 0 Å². The summed E-state index contributed by atoms with van der Waals surface area (Å²) in [6.07, 6.45) is 5.67. The van der Waals surface area contributed by atoms with Crippen molar-refractivity contribution in [2.75, 3.05) is 12.4 Å². The minimum atomic E-state index is -0.218. The Bertz CT molecular complexity index is 380. The van der Waals surface area contributed by atoms with Gasteiger partial charge in [0.1, 0.15) is 0 Å². The molecule has 0 heterocycles. The summed E-state index contributed by atoms with van der Waals surface area (Å²) in [6, 6.07) is 10.9. The van der Waals surface area contributed by atoms with E-state index in [9.17, 15) is 5.26 Å². The molecule has 0 saturated heterocycles. The van der Waals surface area contributed by atoms with E-state index in [0.29, 0.717) is 0 Å². The Hall–Kier alpha value is -1.49. The number of hydrogen-bond donors (Lipinski definition) is 1. The number of nitriles is 1. The van der Waals surface area contributed by atoms with Crippen molar-refractivity contribution in [2.24, 2.45) is 0 Å². The summed E-state index contributed by atoms with van der Waals surface area (Å²) in [5.41, 5.74) is 2.08. The molecule has 1 aromatic carbocycles. The number of rotatable bonds is 2. The minimum Gasteiger partial charge on any atom is -0.388 e. The van der Waals surface area contributed by atoms with E-state index < -0.39 is 0 Å². The highest BCUT2D eigenvalue weighted by molar-refractivity contribution is 5.46. The molecule has 0 spiro atoms. The third-order valence-corrected chi connectivity index (χ3v) is 3.65. The van der Waals surface area contributed by atoms with Crippen molar-refractivity contribution in [3.63, 3.8) is 0 Å². The van der Waals surface area contributed by atoms with Gasteiger partial charge in [-0.05, 0) is 30.5 Å². The molecule has 1 saturated carbocycles. The van der Waals surface area contributed by atoms with Gasteiger partial charge in [-0.3, -0.25) is 0 Å². The molecule has 0 unspecified atom stereocenters. The maximum Gasteiger partial charge on any atom is 0.0822 e. The molecule has 0 bridgehead atoms. The van der Waals surface area contributed by atoms with E-state index in [-0.39, 0.29) is 5.41 Å². The van der Waals surface area contributed by atoms with Crippen LogP contribution in [0.2, 0.25) is 0 Å². The molecule has 1 aliphatic rings. The van der Waals surface area contributed by atoms with Crippen molar-refractivity contribution in [1.82, 2.24) is 0 Å². The molecule has 0 radical (unpaired) electrons. The molecular formula is C14H18N2. The third kappa shape index (κ3) is 1.90. The Morgan fingerprint density at radius 2 is 1.75 bits per heavy atom. The molecule has 0 aliphatic heterocycles. The van der Waals surface area contributed by atoms with Gasteiger partial charge >= 0.3 is 0 Å². The lowest BCUT2D eigenvalue weighted by atomic mass is 9.70. The van der Waals surface area contributed by atoms with Crippen LogP contribution in [0.15, 0.2) is 24.3 Å². The van der Waals surface area contributed by atoms with Crippen LogP contribution in [0.4, 0.5) is 5.69 Å². The summed E-state index contributed by atoms with van der Waals surface area (Å²) >= 11 is 0. The van der Waals surface area contributed by atoms with Gasteiger partial charge in [-0.1, -0.05) is 31.4 Å². The monoisotopic (exact) mass is 214 g/mol. The first kappa shape index (κ1) is 11.0. The molecule has 1 aromatic rings. The zero-order valence-corrected chi connectivity index (χ0v) is 9.79. The molecule has 16 heavy (non-hydrogen) atoms. The van der Waals surface area contributed by atoms with E-state index in [2.05, 4.69) is 35.7 Å². The van der Waals surface area contributed by atoms with Gasteiger partial charge in [0.05, 0.1) is 11.5 Å². The molecule has 84 valence electrons. The van der Waals surface area contributed by atoms with Crippen molar-refractivity contribution in [3.8, 4) is 6.07 Å². The molecule has 1 fully saturated rings. The van der Waals surface area contributed by atoms with Crippen molar-refractivity contribution < 1.29 is 0 Å². The first-order valence-electron chi connectivity index (χ1n) is 6.00. The third-order valence-electron chi connectivity index (χ3n) is 3.65. The van der Waals surface area contributed by atoms with E-state index in [1.807, 2.05) is 7.05 Å². The fourth-order valence-electron chi connectivity index (χ4n) is 2.58. The minimum absolute atomic E-state index is 0.218. The average molecular weight is 214 g/mol. The fraction of sp³-hybridized carbons (Fsp3) is 0.500. The number of hydrogen-bond acceptors (Lipinski definition) is 2.